The van der Waals surface area contributed by atoms with E-state index in [0.717, 1.165) is 11.6 Å². The largest absolute Gasteiger partial charge is 0.270 e. The lowest BCUT2D eigenvalue weighted by Gasteiger charge is -2.23. The fourth-order valence-corrected chi connectivity index (χ4v) is 5.89. The van der Waals surface area contributed by atoms with E-state index in [9.17, 15) is 18.5 Å². The van der Waals surface area contributed by atoms with Crippen molar-refractivity contribution >= 4 is 39.1 Å². The molecule has 1 fully saturated rings. The van der Waals surface area contributed by atoms with Crippen LogP contribution in [0.2, 0.25) is 5.02 Å². The van der Waals surface area contributed by atoms with E-state index < -0.39 is 14.9 Å². The zero-order valence-corrected chi connectivity index (χ0v) is 14.7. The predicted octanol–water partition coefficient (Wildman–Crippen LogP) is 3.68. The van der Waals surface area contributed by atoms with Crippen molar-refractivity contribution in [3.63, 3.8) is 0 Å². The topological polar surface area (TPSA) is 80.5 Å². The molecule has 0 saturated carbocycles. The SMILES string of the molecule is O=[N+]([O-])c1cccc(S(=O)(=O)N2CCSC2c2ccc(Cl)cc2)c1. The van der Waals surface area contributed by atoms with Crippen LogP contribution in [-0.4, -0.2) is 29.9 Å². The van der Waals surface area contributed by atoms with Crippen molar-refractivity contribution < 1.29 is 13.3 Å². The summed E-state index contributed by atoms with van der Waals surface area (Å²) in [5.74, 6) is 0.654. The van der Waals surface area contributed by atoms with Gasteiger partial charge in [-0.1, -0.05) is 29.8 Å². The molecule has 126 valence electrons. The van der Waals surface area contributed by atoms with Crippen LogP contribution in [0.1, 0.15) is 10.9 Å². The molecule has 0 aliphatic carbocycles. The van der Waals surface area contributed by atoms with E-state index in [-0.39, 0.29) is 16.0 Å². The monoisotopic (exact) mass is 384 g/mol. The summed E-state index contributed by atoms with van der Waals surface area (Å²) in [7, 11) is -3.83. The van der Waals surface area contributed by atoms with E-state index >= 15 is 0 Å². The van der Waals surface area contributed by atoms with Crippen LogP contribution in [0, 0.1) is 10.1 Å². The molecule has 0 radical (unpaired) electrons. The molecule has 2 aromatic carbocycles. The Labute approximate surface area is 148 Å². The van der Waals surface area contributed by atoms with Crippen molar-refractivity contribution in [3.05, 3.63) is 69.2 Å². The summed E-state index contributed by atoms with van der Waals surface area (Å²) in [6.07, 6.45) is 0. The van der Waals surface area contributed by atoms with Gasteiger partial charge in [0.2, 0.25) is 10.0 Å². The van der Waals surface area contributed by atoms with Crippen LogP contribution in [0.25, 0.3) is 0 Å². The Morgan fingerprint density at radius 1 is 1.21 bits per heavy atom. The molecular formula is C15H13ClN2O4S2. The lowest BCUT2D eigenvalue weighted by molar-refractivity contribution is -0.385. The Hall–Kier alpha value is -1.61. The summed E-state index contributed by atoms with van der Waals surface area (Å²) in [6, 6.07) is 12.1. The van der Waals surface area contributed by atoms with Crippen molar-refractivity contribution in [3.8, 4) is 0 Å². The molecule has 6 nitrogen and oxygen atoms in total. The van der Waals surface area contributed by atoms with E-state index in [1.165, 1.54) is 34.3 Å². The lowest BCUT2D eigenvalue weighted by atomic mass is 10.2. The van der Waals surface area contributed by atoms with E-state index in [2.05, 4.69) is 0 Å². The van der Waals surface area contributed by atoms with Gasteiger partial charge in [-0.25, -0.2) is 8.42 Å². The van der Waals surface area contributed by atoms with Gasteiger partial charge in [-0.2, -0.15) is 4.31 Å². The van der Waals surface area contributed by atoms with Crippen LogP contribution in [-0.2, 0) is 10.0 Å². The number of nitrogens with zero attached hydrogens (tertiary/aromatic N) is 2. The van der Waals surface area contributed by atoms with Crippen molar-refractivity contribution in [2.75, 3.05) is 12.3 Å². The van der Waals surface area contributed by atoms with Crippen molar-refractivity contribution in [1.82, 2.24) is 4.31 Å². The van der Waals surface area contributed by atoms with E-state index in [4.69, 9.17) is 11.6 Å². The molecule has 0 spiro atoms. The molecule has 9 heteroatoms. The normalized spacial score (nSPS) is 18.6. The number of halogens is 1. The Balaban J connectivity index is 1.97. The van der Waals surface area contributed by atoms with E-state index in [1.807, 2.05) is 0 Å². The maximum atomic E-state index is 12.9. The van der Waals surface area contributed by atoms with Gasteiger partial charge in [0, 0.05) is 29.5 Å². The second kappa shape index (κ2) is 6.72. The zero-order chi connectivity index (χ0) is 17.3. The first-order valence-corrected chi connectivity index (χ1v) is 9.89. The van der Waals surface area contributed by atoms with Gasteiger partial charge in [0.1, 0.15) is 0 Å². The first-order valence-electron chi connectivity index (χ1n) is 7.03. The van der Waals surface area contributed by atoms with Gasteiger partial charge < -0.3 is 0 Å². The van der Waals surface area contributed by atoms with Gasteiger partial charge in [0.15, 0.2) is 0 Å². The first kappa shape index (κ1) is 17.2. The highest BCUT2D eigenvalue weighted by Crippen LogP contribution is 2.41. The summed E-state index contributed by atoms with van der Waals surface area (Å²) in [4.78, 5) is 10.2. The van der Waals surface area contributed by atoms with Gasteiger partial charge in [0.25, 0.3) is 5.69 Å². The van der Waals surface area contributed by atoms with Gasteiger partial charge in [0.05, 0.1) is 15.2 Å². The number of hydrogen-bond acceptors (Lipinski definition) is 5. The third-order valence-corrected chi connectivity index (χ3v) is 7.15. The predicted molar refractivity (Wildman–Crippen MR) is 93.6 cm³/mol. The minimum atomic E-state index is -3.83. The number of nitro benzene ring substituents is 1. The summed E-state index contributed by atoms with van der Waals surface area (Å²) in [6.45, 7) is 0.350. The molecule has 0 N–H and O–H groups in total. The molecule has 3 rings (SSSR count). The standard InChI is InChI=1S/C15H13ClN2O4S2/c16-12-6-4-11(5-7-12)15-17(8-9-23-15)24(21,22)14-3-1-2-13(10-14)18(19)20/h1-7,10,15H,8-9H2. The number of thioether (sulfide) groups is 1. The number of benzene rings is 2. The van der Waals surface area contributed by atoms with Crippen LogP contribution < -0.4 is 0 Å². The highest BCUT2D eigenvalue weighted by Gasteiger charge is 2.37. The number of hydrogen-bond donors (Lipinski definition) is 0. The van der Waals surface area contributed by atoms with Crippen LogP contribution in [0.5, 0.6) is 0 Å². The van der Waals surface area contributed by atoms with Crippen molar-refractivity contribution in [2.24, 2.45) is 0 Å². The number of nitro groups is 1. The molecule has 1 unspecified atom stereocenters. The molecule has 1 atom stereocenters. The average Bonchev–Trinajstić information content (AvgIpc) is 3.06. The highest BCUT2D eigenvalue weighted by molar-refractivity contribution is 8.01. The van der Waals surface area contributed by atoms with Gasteiger partial charge in [-0.05, 0) is 23.8 Å². The minimum absolute atomic E-state index is 0.0711. The zero-order valence-electron chi connectivity index (χ0n) is 12.3. The number of non-ortho nitro benzene ring substituents is 1. The Morgan fingerprint density at radius 3 is 2.58 bits per heavy atom. The van der Waals surface area contributed by atoms with E-state index in [0.29, 0.717) is 17.3 Å². The summed E-state index contributed by atoms with van der Waals surface area (Å²) < 4.78 is 27.2. The smallest absolute Gasteiger partial charge is 0.258 e. The molecule has 0 amide bonds. The van der Waals surface area contributed by atoms with Gasteiger partial charge in [-0.3, -0.25) is 10.1 Å². The van der Waals surface area contributed by atoms with Crippen molar-refractivity contribution in [2.45, 2.75) is 10.3 Å². The fraction of sp³-hybridized carbons (Fsp3) is 0.200. The van der Waals surface area contributed by atoms with Gasteiger partial charge >= 0.3 is 0 Å². The molecule has 1 saturated heterocycles. The summed E-state index contributed by atoms with van der Waals surface area (Å²) >= 11 is 7.40. The fourth-order valence-electron chi connectivity index (χ4n) is 2.48. The van der Waals surface area contributed by atoms with Crippen LogP contribution in [0.4, 0.5) is 5.69 Å². The Morgan fingerprint density at radius 2 is 1.92 bits per heavy atom. The molecule has 0 bridgehead atoms. The Kier molecular flexibility index (Phi) is 4.82. The van der Waals surface area contributed by atoms with Crippen LogP contribution in [0.15, 0.2) is 53.4 Å². The molecule has 0 aromatic heterocycles. The number of sulfonamides is 1. The first-order chi connectivity index (χ1) is 11.4. The maximum Gasteiger partial charge on any atom is 0.270 e. The minimum Gasteiger partial charge on any atom is -0.258 e. The van der Waals surface area contributed by atoms with Crippen LogP contribution in [0.3, 0.4) is 0 Å². The second-order valence-corrected chi connectivity index (χ2v) is 8.66. The lowest BCUT2D eigenvalue weighted by Crippen LogP contribution is -2.30. The summed E-state index contributed by atoms with van der Waals surface area (Å²) in [5, 5.41) is 11.1. The maximum absolute atomic E-state index is 12.9. The quantitative estimate of drug-likeness (QED) is 0.593. The van der Waals surface area contributed by atoms with Crippen molar-refractivity contribution in [1.29, 1.82) is 0 Å². The average molecular weight is 385 g/mol. The van der Waals surface area contributed by atoms with Crippen LogP contribution >= 0.6 is 23.4 Å². The molecule has 1 aliphatic heterocycles. The second-order valence-electron chi connectivity index (χ2n) is 5.14. The molecular weight excluding hydrogens is 372 g/mol. The Bertz CT molecular complexity index is 871. The molecule has 1 heterocycles. The highest BCUT2D eigenvalue weighted by atomic mass is 35.5. The van der Waals surface area contributed by atoms with E-state index in [1.54, 1.807) is 24.3 Å². The third-order valence-electron chi connectivity index (χ3n) is 3.64. The molecule has 24 heavy (non-hydrogen) atoms. The molecule has 1 aliphatic rings. The number of rotatable bonds is 4. The summed E-state index contributed by atoms with van der Waals surface area (Å²) in [5.41, 5.74) is 0.585. The third kappa shape index (κ3) is 3.27. The van der Waals surface area contributed by atoms with Gasteiger partial charge in [-0.15, -0.1) is 11.8 Å². The molecule has 2 aromatic rings.